The molecule has 1 atom stereocenters. The molecule has 1 aliphatic rings. The van der Waals surface area contributed by atoms with Crippen molar-refractivity contribution >= 4 is 5.91 Å². The van der Waals surface area contributed by atoms with Crippen LogP contribution in [0.4, 0.5) is 13.2 Å². The van der Waals surface area contributed by atoms with Gasteiger partial charge in [-0.15, -0.1) is 0 Å². The lowest BCUT2D eigenvalue weighted by atomic mass is 9.97. The summed E-state index contributed by atoms with van der Waals surface area (Å²) in [5.41, 5.74) is 0.751. The third-order valence-corrected chi connectivity index (χ3v) is 3.22. The van der Waals surface area contributed by atoms with Crippen molar-refractivity contribution in [2.75, 3.05) is 19.6 Å². The third kappa shape index (κ3) is 4.52. The number of hydrogen-bond donors (Lipinski definition) is 1. The summed E-state index contributed by atoms with van der Waals surface area (Å²) in [5, 5.41) is 5.73. The van der Waals surface area contributed by atoms with Crippen molar-refractivity contribution < 1.29 is 22.5 Å². The molecule has 0 saturated carbocycles. The number of carbonyl (C=O) groups excluding carboxylic acids is 1. The van der Waals surface area contributed by atoms with Crippen LogP contribution in [0.15, 0.2) is 16.9 Å². The van der Waals surface area contributed by atoms with Gasteiger partial charge in [0, 0.05) is 19.2 Å². The van der Waals surface area contributed by atoms with Crippen molar-refractivity contribution in [2.24, 2.45) is 5.92 Å². The number of rotatable bonds is 4. The fourth-order valence-corrected chi connectivity index (χ4v) is 2.29. The zero-order chi connectivity index (χ0) is 14.6. The molecule has 20 heavy (non-hydrogen) atoms. The van der Waals surface area contributed by atoms with Crippen molar-refractivity contribution in [3.63, 3.8) is 0 Å². The van der Waals surface area contributed by atoms with Crippen LogP contribution in [0.1, 0.15) is 18.5 Å². The Kier molecular flexibility index (Phi) is 4.64. The second-order valence-corrected chi connectivity index (χ2v) is 4.90. The smallest absolute Gasteiger partial charge is 0.364 e. The number of piperidine rings is 1. The van der Waals surface area contributed by atoms with E-state index in [1.165, 1.54) is 6.26 Å². The molecule has 1 aromatic rings. The summed E-state index contributed by atoms with van der Waals surface area (Å²) in [6, 6.07) is 1.73. The summed E-state index contributed by atoms with van der Waals surface area (Å²) in [4.78, 5) is 13.7. The summed E-state index contributed by atoms with van der Waals surface area (Å²) >= 11 is 0. The highest BCUT2D eigenvalue weighted by Gasteiger charge is 2.31. The first-order valence-corrected chi connectivity index (χ1v) is 6.40. The van der Waals surface area contributed by atoms with E-state index < -0.39 is 24.5 Å². The van der Waals surface area contributed by atoms with E-state index in [0.717, 1.165) is 18.7 Å². The first-order valence-electron chi connectivity index (χ1n) is 6.40. The maximum Gasteiger partial charge on any atom is 0.405 e. The molecule has 1 fully saturated rings. The van der Waals surface area contributed by atoms with Gasteiger partial charge < -0.3 is 9.84 Å². The Morgan fingerprint density at radius 3 is 3.00 bits per heavy atom. The minimum Gasteiger partial charge on any atom is -0.364 e. The minimum absolute atomic E-state index is 0.405. The van der Waals surface area contributed by atoms with E-state index in [1.807, 2.05) is 10.2 Å². The van der Waals surface area contributed by atoms with Crippen molar-refractivity contribution in [1.82, 2.24) is 15.4 Å². The average molecular weight is 291 g/mol. The monoisotopic (exact) mass is 291 g/mol. The van der Waals surface area contributed by atoms with E-state index in [2.05, 4.69) is 5.16 Å². The molecule has 5 nitrogen and oxygen atoms in total. The third-order valence-electron chi connectivity index (χ3n) is 3.22. The topological polar surface area (TPSA) is 58.4 Å². The maximum absolute atomic E-state index is 12.1. The molecule has 0 aliphatic carbocycles. The molecule has 0 radical (unpaired) electrons. The first kappa shape index (κ1) is 14.8. The molecule has 1 aliphatic heterocycles. The average Bonchev–Trinajstić information content (AvgIpc) is 2.88. The predicted octanol–water partition coefficient (Wildman–Crippen LogP) is 1.57. The number of hydrogen-bond acceptors (Lipinski definition) is 4. The molecule has 2 heterocycles. The Morgan fingerprint density at radius 1 is 1.55 bits per heavy atom. The molecule has 1 amide bonds. The lowest BCUT2D eigenvalue weighted by Gasteiger charge is -2.31. The number of carbonyl (C=O) groups is 1. The van der Waals surface area contributed by atoms with E-state index in [0.29, 0.717) is 19.5 Å². The highest BCUT2D eigenvalue weighted by molar-refractivity contribution is 5.79. The number of aromatic nitrogens is 1. The van der Waals surface area contributed by atoms with Gasteiger partial charge in [0.25, 0.3) is 0 Å². The van der Waals surface area contributed by atoms with Crippen LogP contribution in [-0.4, -0.2) is 41.8 Å². The largest absolute Gasteiger partial charge is 0.405 e. The minimum atomic E-state index is -4.37. The van der Waals surface area contributed by atoms with Crippen LogP contribution >= 0.6 is 0 Å². The highest BCUT2D eigenvalue weighted by atomic mass is 19.4. The number of alkyl halides is 3. The van der Waals surface area contributed by atoms with Gasteiger partial charge in [-0.2, -0.15) is 13.2 Å². The van der Waals surface area contributed by atoms with Crippen LogP contribution < -0.4 is 5.32 Å². The fraction of sp³-hybridized carbons (Fsp3) is 0.667. The van der Waals surface area contributed by atoms with Gasteiger partial charge in [-0.25, -0.2) is 0 Å². The Balaban J connectivity index is 1.82. The molecule has 0 bridgehead atoms. The van der Waals surface area contributed by atoms with E-state index in [-0.39, 0.29) is 0 Å². The van der Waals surface area contributed by atoms with Gasteiger partial charge in [-0.1, -0.05) is 5.16 Å². The van der Waals surface area contributed by atoms with Gasteiger partial charge in [0.15, 0.2) is 0 Å². The molecular formula is C12H16F3N3O2. The molecule has 8 heteroatoms. The van der Waals surface area contributed by atoms with Gasteiger partial charge >= 0.3 is 6.18 Å². The Labute approximate surface area is 114 Å². The van der Waals surface area contributed by atoms with Crippen molar-refractivity contribution in [3.05, 3.63) is 18.0 Å². The first-order chi connectivity index (χ1) is 9.44. The van der Waals surface area contributed by atoms with E-state index >= 15 is 0 Å². The number of amides is 1. The van der Waals surface area contributed by atoms with Gasteiger partial charge in [-0.3, -0.25) is 9.69 Å². The molecule has 2 rings (SSSR count). The quantitative estimate of drug-likeness (QED) is 0.914. The summed E-state index contributed by atoms with van der Waals surface area (Å²) in [6.45, 7) is 0.512. The number of halogens is 3. The summed E-state index contributed by atoms with van der Waals surface area (Å²) in [5.74, 6) is -0.940. The van der Waals surface area contributed by atoms with Gasteiger partial charge in [0.05, 0.1) is 11.6 Å². The molecule has 112 valence electrons. The van der Waals surface area contributed by atoms with E-state index in [4.69, 9.17) is 4.52 Å². The van der Waals surface area contributed by atoms with Crippen LogP contribution in [0.2, 0.25) is 0 Å². The molecule has 1 N–H and O–H groups in total. The normalized spacial score (nSPS) is 20.9. The lowest BCUT2D eigenvalue weighted by molar-refractivity contribution is -0.141. The lowest BCUT2D eigenvalue weighted by Crippen LogP contribution is -2.44. The molecule has 0 unspecified atom stereocenters. The second-order valence-electron chi connectivity index (χ2n) is 4.90. The van der Waals surface area contributed by atoms with E-state index in [9.17, 15) is 18.0 Å². The molecule has 1 saturated heterocycles. The Hall–Kier alpha value is -1.57. The second kappa shape index (κ2) is 6.25. The van der Waals surface area contributed by atoms with E-state index in [1.54, 1.807) is 6.07 Å². The van der Waals surface area contributed by atoms with Crippen molar-refractivity contribution in [1.29, 1.82) is 0 Å². The molecule has 0 spiro atoms. The standard InChI is InChI=1S/C12H16F3N3O2/c13-12(14,15)8-16-11(19)9-2-1-4-18(6-9)7-10-3-5-20-17-10/h3,5,9H,1-2,4,6-8H2,(H,16,19)/t9-/m0/s1. The van der Waals surface area contributed by atoms with Gasteiger partial charge in [-0.05, 0) is 19.4 Å². The van der Waals surface area contributed by atoms with Crippen LogP contribution in [0.5, 0.6) is 0 Å². The van der Waals surface area contributed by atoms with Crippen molar-refractivity contribution in [2.45, 2.75) is 25.6 Å². The SMILES string of the molecule is O=C(NCC(F)(F)F)[C@H]1CCCN(Cc2ccon2)C1. The molecule has 1 aromatic heterocycles. The summed E-state index contributed by atoms with van der Waals surface area (Å²) in [7, 11) is 0. The Morgan fingerprint density at radius 2 is 2.35 bits per heavy atom. The maximum atomic E-state index is 12.1. The molecule has 0 aromatic carbocycles. The fourth-order valence-electron chi connectivity index (χ4n) is 2.29. The van der Waals surface area contributed by atoms with Gasteiger partial charge in [0.1, 0.15) is 12.8 Å². The zero-order valence-corrected chi connectivity index (χ0v) is 10.8. The van der Waals surface area contributed by atoms with Crippen molar-refractivity contribution in [3.8, 4) is 0 Å². The van der Waals surface area contributed by atoms with Crippen LogP contribution in [0.3, 0.4) is 0 Å². The number of likely N-dealkylation sites (tertiary alicyclic amines) is 1. The zero-order valence-electron chi connectivity index (χ0n) is 10.8. The van der Waals surface area contributed by atoms with Crippen LogP contribution in [0, 0.1) is 5.92 Å². The van der Waals surface area contributed by atoms with Crippen LogP contribution in [-0.2, 0) is 11.3 Å². The number of nitrogens with zero attached hydrogens (tertiary/aromatic N) is 2. The molecular weight excluding hydrogens is 275 g/mol. The highest BCUT2D eigenvalue weighted by Crippen LogP contribution is 2.19. The number of nitrogens with one attached hydrogen (secondary N) is 1. The summed E-state index contributed by atoms with van der Waals surface area (Å²) in [6.07, 6.45) is -1.52. The Bertz CT molecular complexity index is 434. The summed E-state index contributed by atoms with van der Waals surface area (Å²) < 4.78 is 40.9. The van der Waals surface area contributed by atoms with Gasteiger partial charge in [0.2, 0.25) is 5.91 Å². The van der Waals surface area contributed by atoms with Crippen LogP contribution in [0.25, 0.3) is 0 Å². The predicted molar refractivity (Wildman–Crippen MR) is 63.6 cm³/mol.